The summed E-state index contributed by atoms with van der Waals surface area (Å²) in [4.78, 5) is 5.22. The fourth-order valence-corrected chi connectivity index (χ4v) is 4.54. The predicted molar refractivity (Wildman–Crippen MR) is 114 cm³/mol. The Morgan fingerprint density at radius 2 is 1.86 bits per heavy atom. The van der Waals surface area contributed by atoms with E-state index < -0.39 is 5.95 Å². The quantitative estimate of drug-likeness (QED) is 0.383. The molecule has 0 bridgehead atoms. The van der Waals surface area contributed by atoms with Crippen molar-refractivity contribution in [3.63, 3.8) is 0 Å². The van der Waals surface area contributed by atoms with Crippen molar-refractivity contribution in [1.29, 1.82) is 0 Å². The zero-order valence-corrected chi connectivity index (χ0v) is 17.3. The van der Waals surface area contributed by atoms with Crippen LogP contribution in [0.4, 0.5) is 10.2 Å². The molecule has 29 heavy (non-hydrogen) atoms. The third-order valence-corrected chi connectivity index (χ3v) is 6.05. The minimum Gasteiger partial charge on any atom is -0.497 e. The molecule has 0 atom stereocenters. The van der Waals surface area contributed by atoms with Gasteiger partial charge in [-0.3, -0.25) is 4.31 Å². The van der Waals surface area contributed by atoms with Crippen molar-refractivity contribution in [3.05, 3.63) is 77.2 Å². The first-order chi connectivity index (χ1) is 14.2. The second-order valence-electron chi connectivity index (χ2n) is 6.91. The van der Waals surface area contributed by atoms with Gasteiger partial charge in [-0.15, -0.1) is 0 Å². The van der Waals surface area contributed by atoms with E-state index in [4.69, 9.17) is 9.47 Å². The van der Waals surface area contributed by atoms with Crippen LogP contribution in [0.2, 0.25) is 0 Å². The van der Waals surface area contributed by atoms with Crippen molar-refractivity contribution < 1.29 is 13.9 Å². The number of halogens is 1. The van der Waals surface area contributed by atoms with Crippen LogP contribution < -0.4 is 13.8 Å². The zero-order valence-electron chi connectivity index (χ0n) is 16.5. The van der Waals surface area contributed by atoms with Crippen LogP contribution in [0.15, 0.2) is 59.5 Å². The molecule has 0 saturated heterocycles. The zero-order chi connectivity index (χ0) is 20.2. The molecular formula is C23H23FN2O2S. The molecule has 1 aliphatic carbocycles. The highest BCUT2D eigenvalue weighted by atomic mass is 32.2. The monoisotopic (exact) mass is 410 g/mol. The maximum absolute atomic E-state index is 13.8. The molecule has 0 amide bonds. The topological polar surface area (TPSA) is 34.6 Å². The van der Waals surface area contributed by atoms with E-state index >= 15 is 0 Å². The molecule has 1 heterocycles. The first-order valence-corrected chi connectivity index (χ1v) is 10.3. The van der Waals surface area contributed by atoms with E-state index in [0.29, 0.717) is 12.4 Å². The molecule has 4 rings (SSSR count). The van der Waals surface area contributed by atoms with Gasteiger partial charge < -0.3 is 9.47 Å². The van der Waals surface area contributed by atoms with Gasteiger partial charge in [-0.25, -0.2) is 4.98 Å². The molecule has 0 unspecified atom stereocenters. The van der Waals surface area contributed by atoms with Crippen LogP contribution in [0.5, 0.6) is 11.5 Å². The number of nitrogens with zero attached hydrogens (tertiary/aromatic N) is 2. The van der Waals surface area contributed by atoms with Gasteiger partial charge in [0.05, 0.1) is 20.8 Å². The van der Waals surface area contributed by atoms with Gasteiger partial charge in [0.15, 0.2) is 0 Å². The Balaban J connectivity index is 1.66. The number of ether oxygens (including phenoxy) is 2. The van der Waals surface area contributed by atoms with Gasteiger partial charge in [0.25, 0.3) is 0 Å². The number of hydrogen-bond donors (Lipinski definition) is 0. The van der Waals surface area contributed by atoms with Gasteiger partial charge in [0.2, 0.25) is 5.95 Å². The summed E-state index contributed by atoms with van der Waals surface area (Å²) in [6.07, 6.45) is 3.48. The molecule has 0 N–H and O–H groups in total. The van der Waals surface area contributed by atoms with Crippen LogP contribution in [0.1, 0.15) is 23.1 Å². The summed E-state index contributed by atoms with van der Waals surface area (Å²) in [5.74, 6) is 1.52. The summed E-state index contributed by atoms with van der Waals surface area (Å²) >= 11 is 1.56. The molecule has 1 aliphatic rings. The molecule has 3 aromatic rings. The Bertz CT molecular complexity index is 1010. The summed E-state index contributed by atoms with van der Waals surface area (Å²) < 4.78 is 26.7. The number of pyridine rings is 1. The first-order valence-electron chi connectivity index (χ1n) is 9.57. The van der Waals surface area contributed by atoms with Gasteiger partial charge in [-0.2, -0.15) is 4.39 Å². The van der Waals surface area contributed by atoms with Crippen LogP contribution in [0.3, 0.4) is 0 Å². The number of benzene rings is 2. The Kier molecular flexibility index (Phi) is 5.90. The third-order valence-electron chi connectivity index (χ3n) is 5.05. The molecular weight excluding hydrogens is 387 g/mol. The van der Waals surface area contributed by atoms with E-state index in [2.05, 4.69) is 23.2 Å². The molecule has 0 spiro atoms. The van der Waals surface area contributed by atoms with Crippen molar-refractivity contribution in [2.45, 2.75) is 30.7 Å². The highest BCUT2D eigenvalue weighted by molar-refractivity contribution is 8.00. The van der Waals surface area contributed by atoms with Crippen LogP contribution >= 0.6 is 11.9 Å². The minimum absolute atomic E-state index is 0.497. The van der Waals surface area contributed by atoms with Crippen LogP contribution in [-0.4, -0.2) is 19.2 Å². The lowest BCUT2D eigenvalue weighted by atomic mass is 10.1. The number of anilines is 1. The Morgan fingerprint density at radius 1 is 1.00 bits per heavy atom. The van der Waals surface area contributed by atoms with E-state index in [1.54, 1.807) is 32.2 Å². The number of hydrogen-bond acceptors (Lipinski definition) is 5. The van der Waals surface area contributed by atoms with Crippen molar-refractivity contribution in [3.8, 4) is 11.5 Å². The molecule has 2 aromatic carbocycles. The average molecular weight is 411 g/mol. The molecule has 0 aliphatic heterocycles. The lowest BCUT2D eigenvalue weighted by Crippen LogP contribution is -2.16. The number of methoxy groups -OCH3 is 2. The van der Waals surface area contributed by atoms with E-state index in [1.165, 1.54) is 23.6 Å². The summed E-state index contributed by atoms with van der Waals surface area (Å²) in [5, 5.41) is 0. The Labute approximate surface area is 174 Å². The molecule has 0 fully saturated rings. The SMILES string of the molecule is COc1ccc(CN(Sc2ccc3c(c2)CCC3)c2cccc(F)n2)c(OC)c1. The summed E-state index contributed by atoms with van der Waals surface area (Å²) in [7, 11) is 3.26. The minimum atomic E-state index is -0.497. The van der Waals surface area contributed by atoms with Gasteiger partial charge >= 0.3 is 0 Å². The fraction of sp³-hybridized carbons (Fsp3) is 0.261. The van der Waals surface area contributed by atoms with E-state index in [9.17, 15) is 4.39 Å². The average Bonchev–Trinajstić information content (AvgIpc) is 3.21. The molecule has 4 nitrogen and oxygen atoms in total. The van der Waals surface area contributed by atoms with E-state index in [1.807, 2.05) is 28.6 Å². The Hall–Kier alpha value is -2.73. The molecule has 1 aromatic heterocycles. The second-order valence-corrected chi connectivity index (χ2v) is 8.00. The van der Waals surface area contributed by atoms with Gasteiger partial charge in [0, 0.05) is 16.5 Å². The maximum Gasteiger partial charge on any atom is 0.214 e. The van der Waals surface area contributed by atoms with Crippen LogP contribution in [0, 0.1) is 5.95 Å². The number of aromatic nitrogens is 1. The summed E-state index contributed by atoms with van der Waals surface area (Å²) in [5.41, 5.74) is 3.80. The first kappa shape index (κ1) is 19.6. The molecule has 0 saturated carbocycles. The summed E-state index contributed by atoms with van der Waals surface area (Å²) in [6.45, 7) is 0.505. The lowest BCUT2D eigenvalue weighted by Gasteiger charge is -2.24. The lowest BCUT2D eigenvalue weighted by molar-refractivity contribution is 0.391. The Morgan fingerprint density at radius 3 is 2.66 bits per heavy atom. The van der Waals surface area contributed by atoms with Gasteiger partial charge in [0.1, 0.15) is 17.3 Å². The third kappa shape index (κ3) is 4.48. The van der Waals surface area contributed by atoms with Gasteiger partial charge in [-0.1, -0.05) is 12.1 Å². The van der Waals surface area contributed by atoms with Crippen molar-refractivity contribution in [2.75, 3.05) is 18.5 Å². The normalized spacial score (nSPS) is 12.5. The van der Waals surface area contributed by atoms with Crippen molar-refractivity contribution in [2.24, 2.45) is 0 Å². The second kappa shape index (κ2) is 8.74. The van der Waals surface area contributed by atoms with Gasteiger partial charge in [-0.05, 0) is 78.7 Å². The number of fused-ring (bicyclic) bond motifs is 1. The van der Waals surface area contributed by atoms with E-state index in [-0.39, 0.29) is 0 Å². The highest BCUT2D eigenvalue weighted by Crippen LogP contribution is 2.35. The van der Waals surface area contributed by atoms with E-state index in [0.717, 1.165) is 34.8 Å². The molecule has 0 radical (unpaired) electrons. The molecule has 150 valence electrons. The summed E-state index contributed by atoms with van der Waals surface area (Å²) in [6, 6.07) is 17.1. The van der Waals surface area contributed by atoms with Crippen molar-refractivity contribution >= 4 is 17.8 Å². The smallest absolute Gasteiger partial charge is 0.214 e. The van der Waals surface area contributed by atoms with Crippen molar-refractivity contribution in [1.82, 2.24) is 4.98 Å². The standard InChI is InChI=1S/C23H23FN2O2S/c1-27-19-11-9-18(21(14-19)28-2)15-26(23-8-4-7-22(24)25-23)29-20-12-10-16-5-3-6-17(16)13-20/h4,7-14H,3,5-6,15H2,1-2H3. The highest BCUT2D eigenvalue weighted by Gasteiger charge is 2.17. The maximum atomic E-state index is 13.8. The molecule has 6 heteroatoms. The van der Waals surface area contributed by atoms with Crippen LogP contribution in [0.25, 0.3) is 0 Å². The predicted octanol–water partition coefficient (Wildman–Crippen LogP) is 5.44. The number of aryl methyl sites for hydroxylation is 2. The fourth-order valence-electron chi connectivity index (χ4n) is 3.57. The van der Waals surface area contributed by atoms with Crippen LogP contribution in [-0.2, 0) is 19.4 Å². The largest absolute Gasteiger partial charge is 0.497 e. The number of rotatable bonds is 7.